The predicted octanol–water partition coefficient (Wildman–Crippen LogP) is 2.29. The van der Waals surface area contributed by atoms with E-state index in [1.807, 2.05) is 0 Å². The second-order valence-electron chi connectivity index (χ2n) is 5.42. The predicted molar refractivity (Wildman–Crippen MR) is 71.2 cm³/mol. The Bertz CT molecular complexity index is 177. The van der Waals surface area contributed by atoms with E-state index in [0.717, 1.165) is 25.5 Å². The summed E-state index contributed by atoms with van der Waals surface area (Å²) in [6, 6.07) is 0. The molecule has 0 spiro atoms. The van der Waals surface area contributed by atoms with E-state index in [1.165, 1.54) is 38.8 Å². The van der Waals surface area contributed by atoms with Gasteiger partial charge in [0.05, 0.1) is 6.10 Å². The van der Waals surface area contributed by atoms with Crippen molar-refractivity contribution in [2.45, 2.75) is 52.1 Å². The molecule has 1 aliphatic rings. The zero-order valence-corrected chi connectivity index (χ0v) is 11.5. The van der Waals surface area contributed by atoms with Crippen molar-refractivity contribution >= 4 is 0 Å². The first kappa shape index (κ1) is 14.9. The highest BCUT2D eigenvalue weighted by Gasteiger charge is 2.18. The molecule has 1 saturated heterocycles. The van der Waals surface area contributed by atoms with Crippen LogP contribution in [0.25, 0.3) is 0 Å². The van der Waals surface area contributed by atoms with Gasteiger partial charge in [-0.25, -0.2) is 0 Å². The average molecular weight is 243 g/mol. The van der Waals surface area contributed by atoms with Gasteiger partial charge in [0.1, 0.15) is 0 Å². The Balaban J connectivity index is 1.99. The minimum Gasteiger partial charge on any atom is -0.396 e. The van der Waals surface area contributed by atoms with Crippen molar-refractivity contribution in [1.29, 1.82) is 0 Å². The molecule has 17 heavy (non-hydrogen) atoms. The van der Waals surface area contributed by atoms with Crippen LogP contribution in [-0.2, 0) is 4.74 Å². The standard InChI is InChI=1S/C14H29NO2/c1-13(2)17-12-3-5-14-6-9-15(10-7-14)8-4-11-16/h13-14,16H,3-12H2,1-2H3. The first-order valence-electron chi connectivity index (χ1n) is 7.17. The Kier molecular flexibility index (Phi) is 7.82. The number of ether oxygens (including phenoxy) is 1. The Labute approximate surface area is 106 Å². The van der Waals surface area contributed by atoms with Crippen LogP contribution < -0.4 is 0 Å². The average Bonchev–Trinajstić information content (AvgIpc) is 2.33. The molecule has 0 aromatic heterocycles. The minimum absolute atomic E-state index is 0.326. The van der Waals surface area contributed by atoms with Crippen molar-refractivity contribution in [3.05, 3.63) is 0 Å². The number of rotatable bonds is 8. The van der Waals surface area contributed by atoms with Gasteiger partial charge in [-0.1, -0.05) is 0 Å². The molecule has 0 aromatic carbocycles. The summed E-state index contributed by atoms with van der Waals surface area (Å²) >= 11 is 0. The summed E-state index contributed by atoms with van der Waals surface area (Å²) in [6.45, 7) is 8.94. The van der Waals surface area contributed by atoms with Crippen LogP contribution in [0.3, 0.4) is 0 Å². The number of aliphatic hydroxyl groups is 1. The first-order valence-corrected chi connectivity index (χ1v) is 7.17. The lowest BCUT2D eigenvalue weighted by molar-refractivity contribution is 0.0702. The van der Waals surface area contributed by atoms with E-state index < -0.39 is 0 Å². The van der Waals surface area contributed by atoms with Crippen LogP contribution in [0.4, 0.5) is 0 Å². The van der Waals surface area contributed by atoms with Crippen LogP contribution in [0.2, 0.25) is 0 Å². The third-order valence-corrected chi connectivity index (χ3v) is 3.55. The van der Waals surface area contributed by atoms with Crippen LogP contribution in [0.15, 0.2) is 0 Å². The third-order valence-electron chi connectivity index (χ3n) is 3.55. The SMILES string of the molecule is CC(C)OCCCC1CCN(CCCO)CC1. The van der Waals surface area contributed by atoms with Crippen molar-refractivity contribution in [2.24, 2.45) is 5.92 Å². The number of piperidine rings is 1. The molecule has 0 radical (unpaired) electrons. The quantitative estimate of drug-likeness (QED) is 0.664. The van der Waals surface area contributed by atoms with Crippen LogP contribution in [-0.4, -0.2) is 49.0 Å². The van der Waals surface area contributed by atoms with Gasteiger partial charge in [-0.15, -0.1) is 0 Å². The molecule has 0 bridgehead atoms. The molecule has 0 unspecified atom stereocenters. The molecule has 3 nitrogen and oxygen atoms in total. The Morgan fingerprint density at radius 3 is 2.53 bits per heavy atom. The van der Waals surface area contributed by atoms with Gasteiger partial charge in [-0.3, -0.25) is 0 Å². The van der Waals surface area contributed by atoms with Crippen molar-refractivity contribution in [3.8, 4) is 0 Å². The number of hydrogen-bond acceptors (Lipinski definition) is 3. The van der Waals surface area contributed by atoms with E-state index in [9.17, 15) is 0 Å². The summed E-state index contributed by atoms with van der Waals surface area (Å²) < 4.78 is 5.57. The summed E-state index contributed by atoms with van der Waals surface area (Å²) in [4.78, 5) is 2.48. The van der Waals surface area contributed by atoms with Gasteiger partial charge < -0.3 is 14.7 Å². The largest absolute Gasteiger partial charge is 0.396 e. The number of likely N-dealkylation sites (tertiary alicyclic amines) is 1. The number of aliphatic hydroxyl groups excluding tert-OH is 1. The molecule has 102 valence electrons. The van der Waals surface area contributed by atoms with Crippen molar-refractivity contribution in [1.82, 2.24) is 4.90 Å². The molecule has 0 aliphatic carbocycles. The maximum atomic E-state index is 8.80. The van der Waals surface area contributed by atoms with Gasteiger partial charge in [-0.05, 0) is 65.0 Å². The minimum atomic E-state index is 0.326. The van der Waals surface area contributed by atoms with E-state index in [0.29, 0.717) is 12.7 Å². The third kappa shape index (κ3) is 7.02. The van der Waals surface area contributed by atoms with Crippen LogP contribution in [0.1, 0.15) is 46.0 Å². The lowest BCUT2D eigenvalue weighted by atomic mass is 9.92. The Morgan fingerprint density at radius 2 is 1.94 bits per heavy atom. The molecule has 0 amide bonds. The molecule has 1 fully saturated rings. The summed E-state index contributed by atoms with van der Waals surface area (Å²) in [7, 11) is 0. The molecule has 1 rings (SSSR count). The lowest BCUT2D eigenvalue weighted by Gasteiger charge is -2.31. The monoisotopic (exact) mass is 243 g/mol. The smallest absolute Gasteiger partial charge is 0.0518 e. The summed E-state index contributed by atoms with van der Waals surface area (Å²) in [5.74, 6) is 0.899. The molecule has 3 heteroatoms. The Hall–Kier alpha value is -0.120. The molecule has 1 N–H and O–H groups in total. The normalized spacial score (nSPS) is 19.1. The van der Waals surface area contributed by atoms with Gasteiger partial charge in [0, 0.05) is 19.8 Å². The summed E-state index contributed by atoms with van der Waals surface area (Å²) in [5, 5.41) is 8.80. The molecule has 1 aliphatic heterocycles. The van der Waals surface area contributed by atoms with Crippen LogP contribution >= 0.6 is 0 Å². The van der Waals surface area contributed by atoms with Crippen molar-refractivity contribution in [3.63, 3.8) is 0 Å². The van der Waals surface area contributed by atoms with Gasteiger partial charge in [0.2, 0.25) is 0 Å². The molecular formula is C14H29NO2. The fourth-order valence-corrected chi connectivity index (χ4v) is 2.48. The highest BCUT2D eigenvalue weighted by Crippen LogP contribution is 2.21. The highest BCUT2D eigenvalue weighted by molar-refractivity contribution is 4.72. The molecule has 0 atom stereocenters. The van der Waals surface area contributed by atoms with Crippen molar-refractivity contribution < 1.29 is 9.84 Å². The van der Waals surface area contributed by atoms with Gasteiger partial charge in [-0.2, -0.15) is 0 Å². The lowest BCUT2D eigenvalue weighted by Crippen LogP contribution is -2.34. The number of hydrogen-bond donors (Lipinski definition) is 1. The van der Waals surface area contributed by atoms with E-state index in [4.69, 9.17) is 9.84 Å². The maximum absolute atomic E-state index is 8.80. The fourth-order valence-electron chi connectivity index (χ4n) is 2.48. The Morgan fingerprint density at radius 1 is 1.24 bits per heavy atom. The topological polar surface area (TPSA) is 32.7 Å². The zero-order chi connectivity index (χ0) is 12.5. The second-order valence-corrected chi connectivity index (χ2v) is 5.42. The highest BCUT2D eigenvalue weighted by atomic mass is 16.5. The van der Waals surface area contributed by atoms with E-state index in [-0.39, 0.29) is 0 Å². The summed E-state index contributed by atoms with van der Waals surface area (Å²) in [6.07, 6.45) is 6.47. The maximum Gasteiger partial charge on any atom is 0.0518 e. The van der Waals surface area contributed by atoms with E-state index >= 15 is 0 Å². The number of nitrogens with zero attached hydrogens (tertiary/aromatic N) is 1. The van der Waals surface area contributed by atoms with Gasteiger partial charge >= 0.3 is 0 Å². The van der Waals surface area contributed by atoms with Gasteiger partial charge in [0.15, 0.2) is 0 Å². The summed E-state index contributed by atoms with van der Waals surface area (Å²) in [5.41, 5.74) is 0. The molecular weight excluding hydrogens is 214 g/mol. The first-order chi connectivity index (χ1) is 8.22. The second kappa shape index (κ2) is 8.90. The van der Waals surface area contributed by atoms with E-state index in [1.54, 1.807) is 0 Å². The van der Waals surface area contributed by atoms with Crippen LogP contribution in [0.5, 0.6) is 0 Å². The molecule has 1 heterocycles. The molecule has 0 saturated carbocycles. The van der Waals surface area contributed by atoms with Crippen LogP contribution in [0, 0.1) is 5.92 Å². The van der Waals surface area contributed by atoms with Gasteiger partial charge in [0.25, 0.3) is 0 Å². The van der Waals surface area contributed by atoms with Crippen molar-refractivity contribution in [2.75, 3.05) is 32.8 Å². The van der Waals surface area contributed by atoms with E-state index in [2.05, 4.69) is 18.7 Å². The zero-order valence-electron chi connectivity index (χ0n) is 11.5. The fraction of sp³-hybridized carbons (Fsp3) is 1.00. The molecule has 0 aromatic rings.